The van der Waals surface area contributed by atoms with Crippen LogP contribution < -0.4 is 10.1 Å². The average Bonchev–Trinajstić information content (AvgIpc) is 2.93. The molecule has 2 aromatic rings. The minimum Gasteiger partial charge on any atom is -0.485 e. The largest absolute Gasteiger partial charge is 0.485 e. The van der Waals surface area contributed by atoms with Crippen LogP contribution in [-0.4, -0.2) is 16.5 Å². The van der Waals surface area contributed by atoms with E-state index in [0.717, 1.165) is 40.9 Å². The van der Waals surface area contributed by atoms with Crippen molar-refractivity contribution >= 4 is 11.3 Å². The van der Waals surface area contributed by atoms with Crippen molar-refractivity contribution in [1.29, 1.82) is 0 Å². The molecule has 0 unspecified atom stereocenters. The first-order valence-corrected chi connectivity index (χ1v) is 8.22. The molecule has 2 aromatic heterocycles. The van der Waals surface area contributed by atoms with Gasteiger partial charge in [-0.15, -0.1) is 11.3 Å². The van der Waals surface area contributed by atoms with Crippen LogP contribution in [0.3, 0.4) is 0 Å². The molecule has 114 valence electrons. The van der Waals surface area contributed by atoms with Crippen molar-refractivity contribution in [2.75, 3.05) is 6.54 Å². The van der Waals surface area contributed by atoms with Crippen LogP contribution in [0.2, 0.25) is 0 Å². The summed E-state index contributed by atoms with van der Waals surface area (Å²) in [6, 6.07) is 3.97. The van der Waals surface area contributed by atoms with E-state index in [1.54, 1.807) is 11.3 Å². The Morgan fingerprint density at radius 3 is 2.76 bits per heavy atom. The van der Waals surface area contributed by atoms with Crippen molar-refractivity contribution < 1.29 is 4.74 Å². The quantitative estimate of drug-likeness (QED) is 0.848. The lowest BCUT2D eigenvalue weighted by Gasteiger charge is -2.11. The summed E-state index contributed by atoms with van der Waals surface area (Å²) in [7, 11) is 0. The molecule has 4 nitrogen and oxygen atoms in total. The van der Waals surface area contributed by atoms with Crippen molar-refractivity contribution in [3.8, 4) is 5.75 Å². The van der Waals surface area contributed by atoms with Gasteiger partial charge in [0.2, 0.25) is 0 Å². The summed E-state index contributed by atoms with van der Waals surface area (Å²) >= 11 is 1.69. The highest BCUT2D eigenvalue weighted by molar-refractivity contribution is 7.09. The standard InChI is InChI=1S/C16H23N3OS/c1-5-17-8-14-15(7-6-12(4)18-14)20-9-13-10-21-16(19-13)11(2)3/h6-7,10-11,17H,5,8-9H2,1-4H3. The number of aryl methyl sites for hydroxylation is 1. The molecule has 0 fully saturated rings. The fraction of sp³-hybridized carbons (Fsp3) is 0.500. The summed E-state index contributed by atoms with van der Waals surface area (Å²) in [5.41, 5.74) is 2.95. The maximum absolute atomic E-state index is 5.91. The lowest BCUT2D eigenvalue weighted by Crippen LogP contribution is -2.14. The van der Waals surface area contributed by atoms with E-state index in [1.165, 1.54) is 0 Å². The SMILES string of the molecule is CCNCc1nc(C)ccc1OCc1csc(C(C)C)n1. The monoisotopic (exact) mass is 305 g/mol. The molecule has 0 aliphatic rings. The Kier molecular flexibility index (Phi) is 5.70. The van der Waals surface area contributed by atoms with E-state index in [1.807, 2.05) is 19.1 Å². The van der Waals surface area contributed by atoms with Crippen molar-refractivity contribution in [3.63, 3.8) is 0 Å². The van der Waals surface area contributed by atoms with Crippen LogP contribution in [0.5, 0.6) is 5.75 Å². The van der Waals surface area contributed by atoms with Crippen LogP contribution in [0.1, 0.15) is 48.8 Å². The molecular formula is C16H23N3OS. The molecule has 0 aromatic carbocycles. The third-order valence-electron chi connectivity index (χ3n) is 3.05. The number of hydrogen-bond donors (Lipinski definition) is 1. The third kappa shape index (κ3) is 4.51. The lowest BCUT2D eigenvalue weighted by molar-refractivity contribution is 0.296. The van der Waals surface area contributed by atoms with E-state index in [4.69, 9.17) is 4.74 Å². The van der Waals surface area contributed by atoms with Crippen LogP contribution in [0.4, 0.5) is 0 Å². The smallest absolute Gasteiger partial charge is 0.142 e. The van der Waals surface area contributed by atoms with Gasteiger partial charge in [-0.3, -0.25) is 4.98 Å². The van der Waals surface area contributed by atoms with Crippen LogP contribution in [0, 0.1) is 6.92 Å². The second-order valence-electron chi connectivity index (χ2n) is 5.30. The van der Waals surface area contributed by atoms with Crippen LogP contribution in [0.15, 0.2) is 17.5 Å². The molecule has 0 aliphatic heterocycles. The third-order valence-corrected chi connectivity index (χ3v) is 4.25. The van der Waals surface area contributed by atoms with Gasteiger partial charge in [-0.1, -0.05) is 20.8 Å². The molecule has 0 amide bonds. The number of ether oxygens (including phenoxy) is 1. The van der Waals surface area contributed by atoms with Gasteiger partial charge < -0.3 is 10.1 Å². The molecule has 0 aliphatic carbocycles. The predicted octanol–water partition coefficient (Wildman–Crippen LogP) is 3.66. The molecule has 0 saturated carbocycles. The Morgan fingerprint density at radius 2 is 2.10 bits per heavy atom. The molecule has 5 heteroatoms. The number of rotatable bonds is 7. The van der Waals surface area contributed by atoms with Crippen LogP contribution >= 0.6 is 11.3 Å². The Labute approximate surface area is 130 Å². The Hall–Kier alpha value is -1.46. The highest BCUT2D eigenvalue weighted by Crippen LogP contribution is 2.22. The number of nitrogens with one attached hydrogen (secondary N) is 1. The highest BCUT2D eigenvalue weighted by atomic mass is 32.1. The molecule has 0 spiro atoms. The van der Waals surface area contributed by atoms with Gasteiger partial charge in [0.25, 0.3) is 0 Å². The second-order valence-corrected chi connectivity index (χ2v) is 6.19. The lowest BCUT2D eigenvalue weighted by atomic mass is 10.2. The number of pyridine rings is 1. The first-order valence-electron chi connectivity index (χ1n) is 7.34. The molecule has 0 saturated heterocycles. The van der Waals surface area contributed by atoms with E-state index in [9.17, 15) is 0 Å². The Morgan fingerprint density at radius 1 is 1.29 bits per heavy atom. The Balaban J connectivity index is 2.04. The predicted molar refractivity (Wildman–Crippen MR) is 86.9 cm³/mol. The molecule has 0 bridgehead atoms. The number of thiazole rings is 1. The van der Waals surface area contributed by atoms with Gasteiger partial charge in [0.15, 0.2) is 0 Å². The fourth-order valence-electron chi connectivity index (χ4n) is 1.90. The highest BCUT2D eigenvalue weighted by Gasteiger charge is 2.09. The molecular weight excluding hydrogens is 282 g/mol. The fourth-order valence-corrected chi connectivity index (χ4v) is 2.72. The number of nitrogens with zero attached hydrogens (tertiary/aromatic N) is 2. The van der Waals surface area contributed by atoms with Crippen molar-refractivity contribution in [1.82, 2.24) is 15.3 Å². The first kappa shape index (κ1) is 15.9. The number of aromatic nitrogens is 2. The summed E-state index contributed by atoms with van der Waals surface area (Å²) in [6.45, 7) is 10.5. The zero-order valence-electron chi connectivity index (χ0n) is 13.1. The minimum atomic E-state index is 0.467. The van der Waals surface area contributed by atoms with Gasteiger partial charge in [-0.05, 0) is 25.6 Å². The first-order chi connectivity index (χ1) is 10.1. The van der Waals surface area contributed by atoms with E-state index < -0.39 is 0 Å². The van der Waals surface area contributed by atoms with E-state index in [0.29, 0.717) is 12.5 Å². The maximum atomic E-state index is 5.91. The van der Waals surface area contributed by atoms with Crippen LogP contribution in [0.25, 0.3) is 0 Å². The summed E-state index contributed by atoms with van der Waals surface area (Å²) in [4.78, 5) is 9.14. The number of hydrogen-bond acceptors (Lipinski definition) is 5. The Bertz CT molecular complexity index is 581. The zero-order valence-corrected chi connectivity index (χ0v) is 14.0. The van der Waals surface area contributed by atoms with E-state index in [-0.39, 0.29) is 0 Å². The van der Waals surface area contributed by atoms with Gasteiger partial charge in [0.1, 0.15) is 12.4 Å². The topological polar surface area (TPSA) is 47.0 Å². The maximum Gasteiger partial charge on any atom is 0.142 e. The summed E-state index contributed by atoms with van der Waals surface area (Å²) < 4.78 is 5.91. The minimum absolute atomic E-state index is 0.467. The molecule has 0 radical (unpaired) electrons. The van der Waals surface area contributed by atoms with Gasteiger partial charge in [0.05, 0.1) is 16.4 Å². The molecule has 2 heterocycles. The van der Waals surface area contributed by atoms with Gasteiger partial charge in [-0.25, -0.2) is 4.98 Å². The van der Waals surface area contributed by atoms with E-state index >= 15 is 0 Å². The van der Waals surface area contributed by atoms with Gasteiger partial charge in [-0.2, -0.15) is 0 Å². The van der Waals surface area contributed by atoms with Crippen molar-refractivity contribution in [2.24, 2.45) is 0 Å². The normalized spacial score (nSPS) is 11.1. The van der Waals surface area contributed by atoms with Crippen LogP contribution in [-0.2, 0) is 13.2 Å². The van der Waals surface area contributed by atoms with Crippen molar-refractivity contribution in [2.45, 2.75) is 46.8 Å². The van der Waals surface area contributed by atoms with Crippen molar-refractivity contribution in [3.05, 3.63) is 39.6 Å². The zero-order chi connectivity index (χ0) is 15.2. The van der Waals surface area contributed by atoms with Gasteiger partial charge >= 0.3 is 0 Å². The molecule has 2 rings (SSSR count). The molecule has 1 N–H and O–H groups in total. The molecule has 0 atom stereocenters. The summed E-state index contributed by atoms with van der Waals surface area (Å²) in [5.74, 6) is 1.30. The average molecular weight is 305 g/mol. The second kappa shape index (κ2) is 7.52. The summed E-state index contributed by atoms with van der Waals surface area (Å²) in [5, 5.41) is 6.52. The summed E-state index contributed by atoms with van der Waals surface area (Å²) in [6.07, 6.45) is 0. The van der Waals surface area contributed by atoms with E-state index in [2.05, 4.69) is 41.4 Å². The molecule has 21 heavy (non-hydrogen) atoms. The van der Waals surface area contributed by atoms with Gasteiger partial charge in [0, 0.05) is 23.5 Å².